The molecular weight excluding hydrogens is 130 g/mol. The first kappa shape index (κ1) is 5.30. The lowest BCUT2D eigenvalue weighted by Gasteiger charge is -1.94. The van der Waals surface area contributed by atoms with E-state index in [4.69, 9.17) is 0 Å². The van der Waals surface area contributed by atoms with E-state index < -0.39 is 10.1 Å². The molecule has 0 aromatic rings. The van der Waals surface area contributed by atoms with E-state index in [0.717, 1.165) is 5.41 Å². The maximum absolute atomic E-state index is 10.2. The molecule has 1 aliphatic rings. The van der Waals surface area contributed by atoms with Gasteiger partial charge in [-0.2, -0.15) is 8.42 Å². The molecule has 0 saturated carbocycles. The van der Waals surface area contributed by atoms with Crippen molar-refractivity contribution in [3.63, 3.8) is 0 Å². The molecule has 1 heterocycles. The van der Waals surface area contributed by atoms with Crippen molar-refractivity contribution in [2.24, 2.45) is 5.16 Å². The van der Waals surface area contributed by atoms with E-state index in [1.54, 1.807) is 0 Å². The van der Waals surface area contributed by atoms with E-state index in [9.17, 15) is 8.42 Å². The number of rotatable bonds is 0. The first-order chi connectivity index (χ1) is 3.71. The summed E-state index contributed by atoms with van der Waals surface area (Å²) in [4.78, 5) is 0. The zero-order valence-electron chi connectivity index (χ0n) is 3.81. The summed E-state index contributed by atoms with van der Waals surface area (Å²) in [5.74, 6) is 0. The molecule has 0 aliphatic carbocycles. The molecule has 0 radical (unpaired) electrons. The molecule has 0 bridgehead atoms. The second-order valence-electron chi connectivity index (χ2n) is 1.15. The lowest BCUT2D eigenvalue weighted by atomic mass is 10.7. The molecular formula is C3H3NO3S. The third-order valence-corrected chi connectivity index (χ3v) is 1.32. The van der Waals surface area contributed by atoms with Gasteiger partial charge in [-0.15, -0.1) is 0 Å². The number of hydrogen-bond acceptors (Lipinski definition) is 4. The summed E-state index contributed by atoms with van der Waals surface area (Å²) >= 11 is 0. The van der Waals surface area contributed by atoms with Crippen LogP contribution >= 0.6 is 0 Å². The standard InChI is InChI=1S/C3H3NO3S/c5-8(6)3-1-2-4-7-8/h1-3H. The van der Waals surface area contributed by atoms with Gasteiger partial charge in [-0.3, -0.25) is 4.28 Å². The molecule has 0 aromatic carbocycles. The summed E-state index contributed by atoms with van der Waals surface area (Å²) in [6, 6.07) is 0. The monoisotopic (exact) mass is 133 g/mol. The molecule has 1 rings (SSSR count). The minimum Gasteiger partial charge on any atom is -0.265 e. The van der Waals surface area contributed by atoms with E-state index in [1.165, 1.54) is 12.3 Å². The highest BCUT2D eigenvalue weighted by Gasteiger charge is 2.05. The first-order valence-electron chi connectivity index (χ1n) is 1.84. The van der Waals surface area contributed by atoms with Gasteiger partial charge in [0.25, 0.3) is 0 Å². The molecule has 0 saturated heterocycles. The van der Waals surface area contributed by atoms with Gasteiger partial charge in [-0.25, -0.2) is 0 Å². The highest BCUT2D eigenvalue weighted by molar-refractivity contribution is 7.89. The Morgan fingerprint density at radius 2 is 2.25 bits per heavy atom. The summed E-state index contributed by atoms with van der Waals surface area (Å²) in [6.07, 6.45) is 2.54. The number of oxime groups is 1. The van der Waals surface area contributed by atoms with E-state index in [0.29, 0.717) is 0 Å². The fourth-order valence-electron chi connectivity index (χ4n) is 0.276. The second-order valence-corrected chi connectivity index (χ2v) is 2.56. The number of nitrogens with zero attached hydrogens (tertiary/aromatic N) is 1. The van der Waals surface area contributed by atoms with Crippen molar-refractivity contribution < 1.29 is 12.7 Å². The highest BCUT2D eigenvalue weighted by Crippen LogP contribution is 1.98. The summed E-state index contributed by atoms with van der Waals surface area (Å²) < 4.78 is 24.4. The van der Waals surface area contributed by atoms with Crippen molar-refractivity contribution in [1.29, 1.82) is 0 Å². The van der Waals surface area contributed by atoms with Gasteiger partial charge in [0.2, 0.25) is 0 Å². The molecule has 4 nitrogen and oxygen atoms in total. The molecule has 0 spiro atoms. The van der Waals surface area contributed by atoms with Crippen LogP contribution < -0.4 is 0 Å². The predicted molar refractivity (Wildman–Crippen MR) is 27.6 cm³/mol. The normalized spacial score (nSPS) is 22.5. The van der Waals surface area contributed by atoms with Gasteiger partial charge in [0.1, 0.15) is 0 Å². The Bertz CT molecular complexity index is 225. The fraction of sp³-hybridized carbons (Fsp3) is 0. The van der Waals surface area contributed by atoms with E-state index in [-0.39, 0.29) is 0 Å². The Morgan fingerprint density at radius 3 is 2.50 bits per heavy atom. The smallest absolute Gasteiger partial charge is 0.265 e. The van der Waals surface area contributed by atoms with Gasteiger partial charge in [0, 0.05) is 0 Å². The maximum Gasteiger partial charge on any atom is 0.351 e. The van der Waals surface area contributed by atoms with Gasteiger partial charge in [-0.1, -0.05) is 5.16 Å². The van der Waals surface area contributed by atoms with Crippen molar-refractivity contribution >= 4 is 16.3 Å². The molecule has 1 aliphatic heterocycles. The zero-order chi connectivity index (χ0) is 6.04. The Morgan fingerprint density at radius 1 is 1.50 bits per heavy atom. The lowest BCUT2D eigenvalue weighted by molar-refractivity contribution is 0.346. The SMILES string of the molecule is O=S1(=O)C=CC=NO1. The minimum absolute atomic E-state index is 0.931. The maximum atomic E-state index is 10.2. The van der Waals surface area contributed by atoms with Crippen LogP contribution in [-0.2, 0) is 14.4 Å². The van der Waals surface area contributed by atoms with Crippen molar-refractivity contribution in [2.75, 3.05) is 0 Å². The molecule has 0 fully saturated rings. The lowest BCUT2D eigenvalue weighted by Crippen LogP contribution is -1.99. The van der Waals surface area contributed by atoms with Crippen LogP contribution in [0.2, 0.25) is 0 Å². The van der Waals surface area contributed by atoms with Crippen molar-refractivity contribution in [3.8, 4) is 0 Å². The third-order valence-electron chi connectivity index (χ3n) is 0.539. The van der Waals surface area contributed by atoms with Crippen LogP contribution in [0.5, 0.6) is 0 Å². The largest absolute Gasteiger partial charge is 0.351 e. The molecule has 8 heavy (non-hydrogen) atoms. The van der Waals surface area contributed by atoms with Crippen LogP contribution in [0, 0.1) is 0 Å². The molecule has 44 valence electrons. The molecule has 0 unspecified atom stereocenters. The predicted octanol–water partition coefficient (Wildman–Crippen LogP) is -0.154. The zero-order valence-corrected chi connectivity index (χ0v) is 4.63. The van der Waals surface area contributed by atoms with E-state index in [2.05, 4.69) is 9.44 Å². The Balaban J connectivity index is 2.98. The van der Waals surface area contributed by atoms with Crippen LogP contribution in [-0.4, -0.2) is 14.6 Å². The molecule has 5 heteroatoms. The fourth-order valence-corrected chi connectivity index (χ4v) is 0.758. The average molecular weight is 133 g/mol. The van der Waals surface area contributed by atoms with Gasteiger partial charge < -0.3 is 0 Å². The van der Waals surface area contributed by atoms with Crippen LogP contribution in [0.25, 0.3) is 0 Å². The first-order valence-corrected chi connectivity index (χ1v) is 3.31. The number of hydrogen-bond donors (Lipinski definition) is 0. The topological polar surface area (TPSA) is 55.7 Å². The Hall–Kier alpha value is -0.840. The van der Waals surface area contributed by atoms with Crippen LogP contribution in [0.1, 0.15) is 0 Å². The molecule has 0 N–H and O–H groups in total. The summed E-state index contributed by atoms with van der Waals surface area (Å²) in [7, 11) is -3.46. The number of allylic oxidation sites excluding steroid dienone is 1. The molecule has 0 atom stereocenters. The van der Waals surface area contributed by atoms with Crippen LogP contribution in [0.3, 0.4) is 0 Å². The van der Waals surface area contributed by atoms with E-state index in [1.807, 2.05) is 0 Å². The van der Waals surface area contributed by atoms with Gasteiger partial charge in [0.05, 0.1) is 11.6 Å². The van der Waals surface area contributed by atoms with Crippen LogP contribution in [0.4, 0.5) is 0 Å². The summed E-state index contributed by atoms with van der Waals surface area (Å²) in [5.41, 5.74) is 0. The Kier molecular flexibility index (Phi) is 1.05. The van der Waals surface area contributed by atoms with Gasteiger partial charge in [-0.05, 0) is 6.08 Å². The second kappa shape index (κ2) is 1.59. The highest BCUT2D eigenvalue weighted by atomic mass is 32.2. The summed E-state index contributed by atoms with van der Waals surface area (Å²) in [6.45, 7) is 0. The van der Waals surface area contributed by atoms with Gasteiger partial charge in [0.15, 0.2) is 0 Å². The van der Waals surface area contributed by atoms with Crippen LogP contribution in [0.15, 0.2) is 16.6 Å². The molecule has 0 aromatic heterocycles. The summed E-state index contributed by atoms with van der Waals surface area (Å²) in [5, 5.41) is 3.96. The minimum atomic E-state index is -3.46. The van der Waals surface area contributed by atoms with E-state index >= 15 is 0 Å². The average Bonchev–Trinajstić information content (AvgIpc) is 1.65. The van der Waals surface area contributed by atoms with Gasteiger partial charge >= 0.3 is 10.1 Å². The third kappa shape index (κ3) is 1.06. The quantitative estimate of drug-likeness (QED) is 0.461. The van der Waals surface area contributed by atoms with Crippen molar-refractivity contribution in [2.45, 2.75) is 0 Å². The van der Waals surface area contributed by atoms with Crippen molar-refractivity contribution in [1.82, 2.24) is 0 Å². The van der Waals surface area contributed by atoms with Crippen molar-refractivity contribution in [3.05, 3.63) is 11.5 Å². The Labute approximate surface area is 46.6 Å². The molecule has 0 amide bonds.